The lowest BCUT2D eigenvalue weighted by Gasteiger charge is -2.14. The standard InChI is InChI=1S/C14H12BrFN2O2/c15-14-11(2-1-3-12(14)16)13(17)8-9-4-6-10(7-5-9)18(19)20/h1-7,13H,8,17H2. The van der Waals surface area contributed by atoms with E-state index in [1.54, 1.807) is 24.3 Å². The molecule has 0 aliphatic heterocycles. The summed E-state index contributed by atoms with van der Waals surface area (Å²) in [5, 5.41) is 10.6. The van der Waals surface area contributed by atoms with Crippen LogP contribution in [0.5, 0.6) is 0 Å². The summed E-state index contributed by atoms with van der Waals surface area (Å²) in [7, 11) is 0. The molecule has 104 valence electrons. The monoisotopic (exact) mass is 338 g/mol. The Hall–Kier alpha value is -1.79. The molecule has 0 bridgehead atoms. The zero-order chi connectivity index (χ0) is 14.7. The lowest BCUT2D eigenvalue weighted by Crippen LogP contribution is -2.14. The van der Waals surface area contributed by atoms with Crippen LogP contribution in [-0.4, -0.2) is 4.92 Å². The van der Waals surface area contributed by atoms with Gasteiger partial charge in [0.15, 0.2) is 0 Å². The number of benzene rings is 2. The van der Waals surface area contributed by atoms with Gasteiger partial charge < -0.3 is 5.73 Å². The minimum atomic E-state index is -0.452. The van der Waals surface area contributed by atoms with Gasteiger partial charge in [-0.3, -0.25) is 10.1 Å². The van der Waals surface area contributed by atoms with Crippen LogP contribution in [0.2, 0.25) is 0 Å². The second-order valence-corrected chi connectivity index (χ2v) is 5.17. The van der Waals surface area contributed by atoms with Crippen molar-refractivity contribution in [1.29, 1.82) is 0 Å². The second kappa shape index (κ2) is 6.11. The summed E-state index contributed by atoms with van der Waals surface area (Å²) < 4.78 is 13.8. The van der Waals surface area contributed by atoms with Gasteiger partial charge in [0, 0.05) is 18.2 Å². The van der Waals surface area contributed by atoms with Gasteiger partial charge in [0.25, 0.3) is 5.69 Å². The lowest BCUT2D eigenvalue weighted by molar-refractivity contribution is -0.384. The Labute approximate surface area is 123 Å². The fraction of sp³-hybridized carbons (Fsp3) is 0.143. The number of non-ortho nitro benzene ring substituents is 1. The Morgan fingerprint density at radius 3 is 2.50 bits per heavy atom. The van der Waals surface area contributed by atoms with E-state index >= 15 is 0 Å². The maximum Gasteiger partial charge on any atom is 0.269 e. The maximum atomic E-state index is 13.4. The molecule has 4 nitrogen and oxygen atoms in total. The fourth-order valence-corrected chi connectivity index (χ4v) is 2.48. The number of hydrogen-bond acceptors (Lipinski definition) is 3. The van der Waals surface area contributed by atoms with Crippen molar-refractivity contribution >= 4 is 21.6 Å². The molecule has 0 spiro atoms. The number of nitro groups is 1. The number of rotatable bonds is 4. The molecule has 2 rings (SSSR count). The third-order valence-electron chi connectivity index (χ3n) is 2.98. The molecule has 2 aromatic rings. The van der Waals surface area contributed by atoms with Crippen molar-refractivity contribution in [3.8, 4) is 0 Å². The Kier molecular flexibility index (Phi) is 4.46. The SMILES string of the molecule is NC(Cc1ccc([N+](=O)[O-])cc1)c1cccc(F)c1Br. The first-order chi connectivity index (χ1) is 9.49. The summed E-state index contributed by atoms with van der Waals surface area (Å²) in [6, 6.07) is 10.5. The highest BCUT2D eigenvalue weighted by molar-refractivity contribution is 9.10. The van der Waals surface area contributed by atoms with Crippen LogP contribution in [0.15, 0.2) is 46.9 Å². The molecule has 1 atom stereocenters. The van der Waals surface area contributed by atoms with Gasteiger partial charge in [0.1, 0.15) is 5.82 Å². The molecule has 0 saturated carbocycles. The predicted molar refractivity (Wildman–Crippen MR) is 77.8 cm³/mol. The highest BCUT2D eigenvalue weighted by Crippen LogP contribution is 2.27. The molecule has 0 aliphatic carbocycles. The van der Waals surface area contributed by atoms with E-state index in [9.17, 15) is 14.5 Å². The first kappa shape index (κ1) is 14.6. The summed E-state index contributed by atoms with van der Waals surface area (Å²) in [6.07, 6.45) is 0.472. The van der Waals surface area contributed by atoms with E-state index in [4.69, 9.17) is 5.73 Å². The van der Waals surface area contributed by atoms with Crippen LogP contribution in [0.4, 0.5) is 10.1 Å². The summed E-state index contributed by atoms with van der Waals surface area (Å²) in [5.74, 6) is -0.360. The van der Waals surface area contributed by atoms with E-state index in [1.165, 1.54) is 18.2 Å². The summed E-state index contributed by atoms with van der Waals surface area (Å²) in [4.78, 5) is 10.1. The molecule has 6 heteroatoms. The summed E-state index contributed by atoms with van der Waals surface area (Å²) in [6.45, 7) is 0. The Morgan fingerprint density at radius 1 is 1.25 bits per heavy atom. The normalized spacial score (nSPS) is 12.2. The third kappa shape index (κ3) is 3.20. The third-order valence-corrected chi connectivity index (χ3v) is 3.82. The highest BCUT2D eigenvalue weighted by Gasteiger charge is 2.14. The molecule has 1 unspecified atom stereocenters. The van der Waals surface area contributed by atoms with E-state index < -0.39 is 4.92 Å². The van der Waals surface area contributed by atoms with Crippen molar-refractivity contribution in [2.45, 2.75) is 12.5 Å². The van der Waals surface area contributed by atoms with Crippen LogP contribution in [-0.2, 0) is 6.42 Å². The van der Waals surface area contributed by atoms with Gasteiger partial charge >= 0.3 is 0 Å². The molecular weight excluding hydrogens is 327 g/mol. The van der Waals surface area contributed by atoms with Crippen LogP contribution in [0.25, 0.3) is 0 Å². The first-order valence-electron chi connectivity index (χ1n) is 5.92. The molecule has 0 radical (unpaired) electrons. The van der Waals surface area contributed by atoms with Gasteiger partial charge in [-0.15, -0.1) is 0 Å². The molecule has 0 aromatic heterocycles. The molecule has 2 N–H and O–H groups in total. The summed E-state index contributed by atoms with van der Waals surface area (Å²) >= 11 is 3.18. The fourth-order valence-electron chi connectivity index (χ4n) is 1.92. The van der Waals surface area contributed by atoms with Crippen molar-refractivity contribution in [1.82, 2.24) is 0 Å². The van der Waals surface area contributed by atoms with Gasteiger partial charge in [0.05, 0.1) is 9.40 Å². The highest BCUT2D eigenvalue weighted by atomic mass is 79.9. The van der Waals surface area contributed by atoms with Crippen molar-refractivity contribution < 1.29 is 9.31 Å². The number of halogens is 2. The number of nitrogens with zero attached hydrogens (tertiary/aromatic N) is 1. The van der Waals surface area contributed by atoms with Crippen molar-refractivity contribution in [2.24, 2.45) is 5.73 Å². The number of hydrogen-bond donors (Lipinski definition) is 1. The van der Waals surface area contributed by atoms with Crippen molar-refractivity contribution in [2.75, 3.05) is 0 Å². The molecular formula is C14H12BrFN2O2. The van der Waals surface area contributed by atoms with E-state index in [-0.39, 0.29) is 17.5 Å². The molecule has 20 heavy (non-hydrogen) atoms. The zero-order valence-corrected chi connectivity index (χ0v) is 12.0. The smallest absolute Gasteiger partial charge is 0.269 e. The number of nitro benzene ring substituents is 1. The van der Waals surface area contributed by atoms with Crippen molar-refractivity contribution in [3.63, 3.8) is 0 Å². The average Bonchev–Trinajstić information content (AvgIpc) is 2.42. The van der Waals surface area contributed by atoms with Gasteiger partial charge in [-0.05, 0) is 39.5 Å². The maximum absolute atomic E-state index is 13.4. The largest absolute Gasteiger partial charge is 0.324 e. The van der Waals surface area contributed by atoms with E-state index in [2.05, 4.69) is 15.9 Å². The lowest BCUT2D eigenvalue weighted by atomic mass is 9.99. The molecule has 0 aliphatic rings. The van der Waals surface area contributed by atoms with E-state index in [1.807, 2.05) is 0 Å². The van der Waals surface area contributed by atoms with Gasteiger partial charge in [-0.25, -0.2) is 4.39 Å². The van der Waals surface area contributed by atoms with Crippen LogP contribution >= 0.6 is 15.9 Å². The quantitative estimate of drug-likeness (QED) is 0.681. The minimum Gasteiger partial charge on any atom is -0.324 e. The number of nitrogens with two attached hydrogens (primary N) is 1. The van der Waals surface area contributed by atoms with E-state index in [0.29, 0.717) is 16.5 Å². The van der Waals surface area contributed by atoms with E-state index in [0.717, 1.165) is 5.56 Å². The molecule has 2 aromatic carbocycles. The first-order valence-corrected chi connectivity index (χ1v) is 6.71. The minimum absolute atomic E-state index is 0.0363. The molecule has 0 fully saturated rings. The Balaban J connectivity index is 2.17. The summed E-state index contributed by atoms with van der Waals surface area (Å²) in [5.41, 5.74) is 7.63. The van der Waals surface area contributed by atoms with Crippen LogP contribution < -0.4 is 5.73 Å². The van der Waals surface area contributed by atoms with Gasteiger partial charge in [-0.1, -0.05) is 24.3 Å². The molecule has 0 saturated heterocycles. The zero-order valence-electron chi connectivity index (χ0n) is 10.4. The predicted octanol–water partition coefficient (Wildman–Crippen LogP) is 3.74. The molecule has 0 heterocycles. The van der Waals surface area contributed by atoms with Crippen LogP contribution in [0.1, 0.15) is 17.2 Å². The Bertz CT molecular complexity index is 632. The van der Waals surface area contributed by atoms with Crippen LogP contribution in [0.3, 0.4) is 0 Å². The van der Waals surface area contributed by atoms with Gasteiger partial charge in [-0.2, -0.15) is 0 Å². The average molecular weight is 339 g/mol. The van der Waals surface area contributed by atoms with Crippen molar-refractivity contribution in [3.05, 3.63) is 74.0 Å². The second-order valence-electron chi connectivity index (χ2n) is 4.38. The van der Waals surface area contributed by atoms with Crippen LogP contribution in [0, 0.1) is 15.9 Å². The Morgan fingerprint density at radius 2 is 1.90 bits per heavy atom. The molecule has 0 amide bonds. The topological polar surface area (TPSA) is 69.2 Å². The van der Waals surface area contributed by atoms with Gasteiger partial charge in [0.2, 0.25) is 0 Å².